The fourth-order valence-electron chi connectivity index (χ4n) is 1.30. The molecule has 0 fully saturated rings. The minimum absolute atomic E-state index is 0.0942. The summed E-state index contributed by atoms with van der Waals surface area (Å²) in [6.07, 6.45) is 3.15. The van der Waals surface area contributed by atoms with Crippen LogP contribution in [0.5, 0.6) is 0 Å². The predicted octanol–water partition coefficient (Wildman–Crippen LogP) is 2.91. The molecule has 0 aliphatic heterocycles. The third-order valence-electron chi connectivity index (χ3n) is 1.89. The van der Waals surface area contributed by atoms with E-state index >= 15 is 0 Å². The third-order valence-corrected chi connectivity index (χ3v) is 2.35. The molecule has 2 aromatic rings. The van der Waals surface area contributed by atoms with Crippen LogP contribution < -0.4 is 0 Å². The van der Waals surface area contributed by atoms with Gasteiger partial charge in [-0.05, 0) is 12.1 Å². The second-order valence-corrected chi connectivity index (χ2v) is 3.69. The number of fused-ring (bicyclic) bond motifs is 1. The molecule has 0 N–H and O–H groups in total. The summed E-state index contributed by atoms with van der Waals surface area (Å²) in [5, 5.41) is 12.1. The van der Waals surface area contributed by atoms with Crippen LogP contribution in [0.1, 0.15) is 0 Å². The van der Waals surface area contributed by atoms with Crippen LogP contribution in [0.3, 0.4) is 0 Å². The first-order chi connectivity index (χ1) is 6.68. The monoisotopic (exact) mass is 252 g/mol. The van der Waals surface area contributed by atoms with Crippen molar-refractivity contribution >= 4 is 32.4 Å². The van der Waals surface area contributed by atoms with Crippen molar-refractivity contribution in [3.8, 4) is 0 Å². The predicted molar refractivity (Wildman–Crippen MR) is 56.1 cm³/mol. The number of halogens is 1. The highest BCUT2D eigenvalue weighted by Crippen LogP contribution is 2.28. The molecule has 1 aromatic carbocycles. The number of aromatic nitrogens is 1. The number of hydrogen-bond donors (Lipinski definition) is 0. The molecular weight excluding hydrogens is 248 g/mol. The van der Waals surface area contributed by atoms with E-state index in [1.54, 1.807) is 24.5 Å². The number of pyridine rings is 1. The van der Waals surface area contributed by atoms with Gasteiger partial charge < -0.3 is 0 Å². The highest BCUT2D eigenvalue weighted by Gasteiger charge is 2.12. The van der Waals surface area contributed by atoms with Crippen LogP contribution in [-0.2, 0) is 0 Å². The van der Waals surface area contributed by atoms with Crippen molar-refractivity contribution in [2.45, 2.75) is 0 Å². The van der Waals surface area contributed by atoms with Gasteiger partial charge in [-0.25, -0.2) is 0 Å². The van der Waals surface area contributed by atoms with E-state index < -0.39 is 4.92 Å². The Kier molecular flexibility index (Phi) is 2.17. The molecule has 0 unspecified atom stereocenters. The quantitative estimate of drug-likeness (QED) is 0.579. The van der Waals surface area contributed by atoms with E-state index in [1.165, 1.54) is 6.07 Å². The molecule has 0 aliphatic rings. The van der Waals surface area contributed by atoms with Gasteiger partial charge in [-0.1, -0.05) is 15.9 Å². The molecule has 0 spiro atoms. The number of nitro groups is 1. The van der Waals surface area contributed by atoms with E-state index in [4.69, 9.17) is 0 Å². The Labute approximate surface area is 87.9 Å². The maximum atomic E-state index is 10.7. The maximum Gasteiger partial charge on any atom is 0.278 e. The average Bonchev–Trinajstić information content (AvgIpc) is 2.16. The van der Waals surface area contributed by atoms with E-state index in [1.807, 2.05) is 0 Å². The highest BCUT2D eigenvalue weighted by molar-refractivity contribution is 9.10. The molecule has 2 rings (SSSR count). The molecule has 0 bridgehead atoms. The van der Waals surface area contributed by atoms with Gasteiger partial charge in [0.05, 0.1) is 10.3 Å². The molecule has 4 nitrogen and oxygen atoms in total. The van der Waals surface area contributed by atoms with Crippen molar-refractivity contribution in [2.75, 3.05) is 0 Å². The molecule has 0 amide bonds. The lowest BCUT2D eigenvalue weighted by molar-refractivity contribution is -0.383. The molecule has 0 saturated heterocycles. The van der Waals surface area contributed by atoms with Gasteiger partial charge >= 0.3 is 0 Å². The van der Waals surface area contributed by atoms with Crippen molar-refractivity contribution in [3.63, 3.8) is 0 Å². The van der Waals surface area contributed by atoms with Crippen molar-refractivity contribution in [2.24, 2.45) is 0 Å². The van der Waals surface area contributed by atoms with E-state index in [-0.39, 0.29) is 5.69 Å². The zero-order valence-corrected chi connectivity index (χ0v) is 8.56. The molecule has 1 aromatic heterocycles. The van der Waals surface area contributed by atoms with Gasteiger partial charge in [-0.3, -0.25) is 15.1 Å². The summed E-state index contributed by atoms with van der Waals surface area (Å²) in [6.45, 7) is 0. The number of benzene rings is 1. The van der Waals surface area contributed by atoms with Gasteiger partial charge in [0.25, 0.3) is 5.69 Å². The Hall–Kier alpha value is -1.49. The van der Waals surface area contributed by atoms with Crippen molar-refractivity contribution in [1.82, 2.24) is 4.98 Å². The lowest BCUT2D eigenvalue weighted by Gasteiger charge is -1.99. The van der Waals surface area contributed by atoms with E-state index in [2.05, 4.69) is 20.9 Å². The molecule has 5 heteroatoms. The summed E-state index contributed by atoms with van der Waals surface area (Å²) in [5.41, 5.74) is 0.0942. The Morgan fingerprint density at radius 2 is 2.21 bits per heavy atom. The van der Waals surface area contributed by atoms with Crippen LogP contribution in [0.25, 0.3) is 10.8 Å². The second-order valence-electron chi connectivity index (χ2n) is 2.78. The SMILES string of the molecule is O=[N+]([O-])c1cc(Br)cc2cnccc12. The van der Waals surface area contributed by atoms with Crippen LogP contribution in [0, 0.1) is 10.1 Å². The van der Waals surface area contributed by atoms with E-state index in [0.717, 1.165) is 5.39 Å². The topological polar surface area (TPSA) is 56.0 Å². The summed E-state index contributed by atoms with van der Waals surface area (Å²) in [4.78, 5) is 14.2. The van der Waals surface area contributed by atoms with Gasteiger partial charge in [-0.2, -0.15) is 0 Å². The standard InChI is InChI=1S/C9H5BrN2O2/c10-7-3-6-5-11-2-1-8(6)9(4-7)12(13)14/h1-5H. The zero-order chi connectivity index (χ0) is 10.1. The number of nitro benzene ring substituents is 1. The summed E-state index contributed by atoms with van der Waals surface area (Å²) in [7, 11) is 0. The third kappa shape index (κ3) is 1.46. The Bertz CT molecular complexity index is 513. The first-order valence-corrected chi connectivity index (χ1v) is 4.65. The fraction of sp³-hybridized carbons (Fsp3) is 0. The molecule has 0 atom stereocenters. The minimum Gasteiger partial charge on any atom is -0.264 e. The fourth-order valence-corrected chi connectivity index (χ4v) is 1.77. The van der Waals surface area contributed by atoms with Gasteiger partial charge in [0, 0.05) is 28.3 Å². The van der Waals surface area contributed by atoms with Crippen LogP contribution in [0.15, 0.2) is 35.1 Å². The van der Waals surface area contributed by atoms with Crippen molar-refractivity contribution < 1.29 is 4.92 Å². The number of nitrogens with zero attached hydrogens (tertiary/aromatic N) is 2. The number of non-ortho nitro benzene ring substituents is 1. The Morgan fingerprint density at radius 3 is 2.93 bits per heavy atom. The van der Waals surface area contributed by atoms with Crippen LogP contribution in [0.2, 0.25) is 0 Å². The minimum atomic E-state index is -0.396. The number of hydrogen-bond acceptors (Lipinski definition) is 3. The Morgan fingerprint density at radius 1 is 1.43 bits per heavy atom. The van der Waals surface area contributed by atoms with Gasteiger partial charge in [0.15, 0.2) is 0 Å². The first kappa shape index (κ1) is 9.08. The first-order valence-electron chi connectivity index (χ1n) is 3.86. The maximum absolute atomic E-state index is 10.7. The second kappa shape index (κ2) is 3.34. The zero-order valence-electron chi connectivity index (χ0n) is 6.98. The Balaban J connectivity index is 2.87. The molecule has 70 valence electrons. The van der Waals surface area contributed by atoms with Crippen LogP contribution in [0.4, 0.5) is 5.69 Å². The van der Waals surface area contributed by atoms with Gasteiger partial charge in [0.1, 0.15) is 0 Å². The normalized spacial score (nSPS) is 10.4. The van der Waals surface area contributed by atoms with Crippen molar-refractivity contribution in [3.05, 3.63) is 45.2 Å². The van der Waals surface area contributed by atoms with Crippen LogP contribution >= 0.6 is 15.9 Å². The molecule has 0 aliphatic carbocycles. The average molecular weight is 253 g/mol. The molecule has 14 heavy (non-hydrogen) atoms. The summed E-state index contributed by atoms with van der Waals surface area (Å²) < 4.78 is 0.685. The molecule has 1 heterocycles. The summed E-state index contributed by atoms with van der Waals surface area (Å²) in [6, 6.07) is 4.93. The highest BCUT2D eigenvalue weighted by atomic mass is 79.9. The van der Waals surface area contributed by atoms with Gasteiger partial charge in [-0.15, -0.1) is 0 Å². The lowest BCUT2D eigenvalue weighted by Crippen LogP contribution is -1.89. The molecule has 0 saturated carbocycles. The molecular formula is C9H5BrN2O2. The lowest BCUT2D eigenvalue weighted by atomic mass is 10.1. The van der Waals surface area contributed by atoms with E-state index in [0.29, 0.717) is 9.86 Å². The summed E-state index contributed by atoms with van der Waals surface area (Å²) >= 11 is 3.22. The largest absolute Gasteiger partial charge is 0.278 e. The van der Waals surface area contributed by atoms with Crippen molar-refractivity contribution in [1.29, 1.82) is 0 Å². The van der Waals surface area contributed by atoms with Gasteiger partial charge in [0.2, 0.25) is 0 Å². The number of rotatable bonds is 1. The van der Waals surface area contributed by atoms with Crippen LogP contribution in [-0.4, -0.2) is 9.91 Å². The van der Waals surface area contributed by atoms with E-state index in [9.17, 15) is 10.1 Å². The smallest absolute Gasteiger partial charge is 0.264 e. The molecule has 0 radical (unpaired) electrons. The summed E-state index contributed by atoms with van der Waals surface area (Å²) in [5.74, 6) is 0.